The van der Waals surface area contributed by atoms with Gasteiger partial charge < -0.3 is 26.2 Å². The average molecular weight is 281 g/mol. The minimum Gasteiger partial charge on any atom is -0.491 e. The van der Waals surface area contributed by atoms with E-state index < -0.39 is 12.1 Å². The van der Waals surface area contributed by atoms with Crippen molar-refractivity contribution in [1.82, 2.24) is 10.6 Å². The lowest BCUT2D eigenvalue weighted by Gasteiger charge is -2.15. The quantitative estimate of drug-likeness (QED) is 0.561. The summed E-state index contributed by atoms with van der Waals surface area (Å²) >= 11 is 0. The highest BCUT2D eigenvalue weighted by Gasteiger charge is 2.06. The minimum atomic E-state index is -0.550. The van der Waals surface area contributed by atoms with Crippen molar-refractivity contribution in [3.05, 3.63) is 29.8 Å². The Labute approximate surface area is 119 Å². The molecule has 6 nitrogen and oxygen atoms in total. The van der Waals surface area contributed by atoms with Gasteiger partial charge in [0, 0.05) is 19.1 Å². The predicted octanol–water partition coefficient (Wildman–Crippen LogP) is 0.593. The van der Waals surface area contributed by atoms with E-state index in [4.69, 9.17) is 10.5 Å². The number of carbonyl (C=O) groups is 1. The number of rotatable bonds is 8. The van der Waals surface area contributed by atoms with Gasteiger partial charge in [0.05, 0.1) is 0 Å². The van der Waals surface area contributed by atoms with Crippen molar-refractivity contribution in [3.8, 4) is 5.75 Å². The Balaban J connectivity index is 2.32. The van der Waals surface area contributed by atoms with E-state index in [1.54, 1.807) is 12.1 Å². The molecule has 0 radical (unpaired) electrons. The van der Waals surface area contributed by atoms with Gasteiger partial charge in [-0.05, 0) is 17.7 Å². The number of urea groups is 1. The van der Waals surface area contributed by atoms with E-state index in [0.29, 0.717) is 24.9 Å². The number of hydrogen-bond acceptors (Lipinski definition) is 4. The van der Waals surface area contributed by atoms with Gasteiger partial charge in [-0.25, -0.2) is 4.79 Å². The molecule has 1 rings (SSSR count). The van der Waals surface area contributed by atoms with Gasteiger partial charge in [-0.1, -0.05) is 26.0 Å². The molecule has 6 heteroatoms. The van der Waals surface area contributed by atoms with Crippen LogP contribution in [-0.4, -0.2) is 36.4 Å². The third-order valence-corrected chi connectivity index (χ3v) is 2.59. The number of nitrogens with one attached hydrogen (secondary N) is 2. The molecular weight excluding hydrogens is 258 g/mol. The SMILES string of the molecule is CC(C)NC[C@@H](O)COc1ccc(CNC(N)=O)cc1. The van der Waals surface area contributed by atoms with Crippen LogP contribution in [0.5, 0.6) is 5.75 Å². The van der Waals surface area contributed by atoms with Crippen LogP contribution in [0.4, 0.5) is 4.79 Å². The second-order valence-electron chi connectivity index (χ2n) is 4.89. The molecule has 0 aliphatic rings. The van der Waals surface area contributed by atoms with Gasteiger partial charge in [-0.3, -0.25) is 0 Å². The summed E-state index contributed by atoms with van der Waals surface area (Å²) in [4.78, 5) is 10.6. The standard InChI is InChI=1S/C14H23N3O3/c1-10(2)16-8-12(18)9-20-13-5-3-11(4-6-13)7-17-14(15)19/h3-6,10,12,16,18H,7-9H2,1-2H3,(H3,15,17,19)/t12-/m1/s1. The summed E-state index contributed by atoms with van der Waals surface area (Å²) < 4.78 is 5.48. The Morgan fingerprint density at radius 2 is 2.00 bits per heavy atom. The number of aliphatic hydroxyl groups excluding tert-OH is 1. The molecule has 1 atom stereocenters. The topological polar surface area (TPSA) is 96.6 Å². The van der Waals surface area contributed by atoms with Crippen molar-refractivity contribution in [2.75, 3.05) is 13.2 Å². The van der Waals surface area contributed by atoms with Gasteiger partial charge in [-0.2, -0.15) is 0 Å². The van der Waals surface area contributed by atoms with Crippen LogP contribution in [0, 0.1) is 0 Å². The Morgan fingerprint density at radius 3 is 2.55 bits per heavy atom. The van der Waals surface area contributed by atoms with E-state index in [1.807, 2.05) is 26.0 Å². The van der Waals surface area contributed by atoms with Crippen LogP contribution in [0.2, 0.25) is 0 Å². The highest BCUT2D eigenvalue weighted by molar-refractivity contribution is 5.71. The van der Waals surface area contributed by atoms with Crippen LogP contribution in [0.3, 0.4) is 0 Å². The monoisotopic (exact) mass is 281 g/mol. The molecule has 0 aliphatic heterocycles. The summed E-state index contributed by atoms with van der Waals surface area (Å²) in [6.45, 7) is 5.16. The highest BCUT2D eigenvalue weighted by Crippen LogP contribution is 2.12. The number of primary amides is 1. The first-order valence-electron chi connectivity index (χ1n) is 6.64. The molecule has 2 amide bonds. The molecule has 0 bridgehead atoms. The van der Waals surface area contributed by atoms with Gasteiger partial charge in [0.25, 0.3) is 0 Å². The van der Waals surface area contributed by atoms with Crippen molar-refractivity contribution in [2.24, 2.45) is 5.73 Å². The maximum absolute atomic E-state index is 10.6. The fourth-order valence-electron chi connectivity index (χ4n) is 1.52. The maximum atomic E-state index is 10.6. The van der Waals surface area contributed by atoms with Crippen LogP contribution in [0.1, 0.15) is 19.4 Å². The lowest BCUT2D eigenvalue weighted by atomic mass is 10.2. The first-order valence-corrected chi connectivity index (χ1v) is 6.64. The molecule has 5 N–H and O–H groups in total. The maximum Gasteiger partial charge on any atom is 0.312 e. The molecule has 0 unspecified atom stereocenters. The van der Waals surface area contributed by atoms with Crippen molar-refractivity contribution in [1.29, 1.82) is 0 Å². The summed E-state index contributed by atoms with van der Waals surface area (Å²) in [6.07, 6.45) is -0.548. The van der Waals surface area contributed by atoms with Crippen LogP contribution in [0.25, 0.3) is 0 Å². The number of ether oxygens (including phenoxy) is 1. The number of amides is 2. The van der Waals surface area contributed by atoms with Crippen molar-refractivity contribution >= 4 is 6.03 Å². The molecule has 20 heavy (non-hydrogen) atoms. The Hall–Kier alpha value is -1.79. The molecule has 0 saturated heterocycles. The Bertz CT molecular complexity index is 407. The van der Waals surface area contributed by atoms with Crippen molar-refractivity contribution in [3.63, 3.8) is 0 Å². The summed E-state index contributed by atoms with van der Waals surface area (Å²) in [6, 6.07) is 7.04. The fraction of sp³-hybridized carbons (Fsp3) is 0.500. The average Bonchev–Trinajstić information content (AvgIpc) is 2.41. The summed E-state index contributed by atoms with van der Waals surface area (Å²) in [7, 11) is 0. The Morgan fingerprint density at radius 1 is 1.35 bits per heavy atom. The zero-order valence-electron chi connectivity index (χ0n) is 11.9. The van der Waals surface area contributed by atoms with Crippen LogP contribution in [-0.2, 0) is 6.54 Å². The third-order valence-electron chi connectivity index (χ3n) is 2.59. The summed E-state index contributed by atoms with van der Waals surface area (Å²) in [5.74, 6) is 0.677. The highest BCUT2D eigenvalue weighted by atomic mass is 16.5. The predicted molar refractivity (Wildman–Crippen MR) is 77.5 cm³/mol. The van der Waals surface area contributed by atoms with Gasteiger partial charge in [-0.15, -0.1) is 0 Å². The van der Waals surface area contributed by atoms with Gasteiger partial charge >= 0.3 is 6.03 Å². The van der Waals surface area contributed by atoms with E-state index in [-0.39, 0.29) is 6.61 Å². The molecule has 0 saturated carbocycles. The number of benzene rings is 1. The summed E-state index contributed by atoms with van der Waals surface area (Å²) in [5.41, 5.74) is 5.92. The molecule has 0 aliphatic carbocycles. The molecule has 0 aromatic heterocycles. The lowest BCUT2D eigenvalue weighted by Crippen LogP contribution is -2.35. The number of aliphatic hydroxyl groups is 1. The molecule has 0 heterocycles. The summed E-state index contributed by atoms with van der Waals surface area (Å²) in [5, 5.41) is 15.4. The van der Waals surface area contributed by atoms with Crippen LogP contribution in [0.15, 0.2) is 24.3 Å². The lowest BCUT2D eigenvalue weighted by molar-refractivity contribution is 0.104. The second-order valence-corrected chi connectivity index (χ2v) is 4.89. The van der Waals surface area contributed by atoms with E-state index in [9.17, 15) is 9.90 Å². The largest absolute Gasteiger partial charge is 0.491 e. The second kappa shape index (κ2) is 8.39. The normalized spacial score (nSPS) is 12.2. The molecule has 1 aromatic rings. The van der Waals surface area contributed by atoms with Gasteiger partial charge in [0.2, 0.25) is 0 Å². The van der Waals surface area contributed by atoms with Gasteiger partial charge in [0.1, 0.15) is 18.5 Å². The molecule has 0 spiro atoms. The number of carbonyl (C=O) groups excluding carboxylic acids is 1. The Kier molecular flexibility index (Phi) is 6.83. The van der Waals surface area contributed by atoms with E-state index >= 15 is 0 Å². The molecule has 1 aromatic carbocycles. The minimum absolute atomic E-state index is 0.235. The first-order chi connectivity index (χ1) is 9.47. The van der Waals surface area contributed by atoms with Crippen molar-refractivity contribution < 1.29 is 14.6 Å². The zero-order valence-corrected chi connectivity index (χ0v) is 11.9. The van der Waals surface area contributed by atoms with E-state index in [0.717, 1.165) is 5.56 Å². The number of nitrogens with two attached hydrogens (primary N) is 1. The molecule has 112 valence electrons. The first kappa shape index (κ1) is 16.3. The third kappa shape index (κ3) is 6.96. The van der Waals surface area contributed by atoms with E-state index in [1.165, 1.54) is 0 Å². The smallest absolute Gasteiger partial charge is 0.312 e. The number of hydrogen-bond donors (Lipinski definition) is 4. The fourth-order valence-corrected chi connectivity index (χ4v) is 1.52. The van der Waals surface area contributed by atoms with Crippen LogP contribution >= 0.6 is 0 Å². The molecular formula is C14H23N3O3. The molecule has 0 fully saturated rings. The van der Waals surface area contributed by atoms with Crippen LogP contribution < -0.4 is 21.1 Å². The van der Waals surface area contributed by atoms with Gasteiger partial charge in [0.15, 0.2) is 0 Å². The zero-order chi connectivity index (χ0) is 15.0. The van der Waals surface area contributed by atoms with E-state index in [2.05, 4.69) is 10.6 Å². The van der Waals surface area contributed by atoms with Crippen molar-refractivity contribution in [2.45, 2.75) is 32.5 Å².